The van der Waals surface area contributed by atoms with Crippen LogP contribution in [0.25, 0.3) is 11.0 Å². The fourth-order valence-corrected chi connectivity index (χ4v) is 2.51. The van der Waals surface area contributed by atoms with Crippen LogP contribution in [-0.2, 0) is 0 Å². The average Bonchev–Trinajstić information content (AvgIpc) is 3.06. The van der Waals surface area contributed by atoms with E-state index in [9.17, 15) is 14.9 Å². The second kappa shape index (κ2) is 7.19. The Morgan fingerprint density at radius 3 is 2.69 bits per heavy atom. The highest BCUT2D eigenvalue weighted by Crippen LogP contribution is 2.29. The van der Waals surface area contributed by atoms with Gasteiger partial charge < -0.3 is 14.5 Å². The van der Waals surface area contributed by atoms with E-state index in [4.69, 9.17) is 21.4 Å². The van der Waals surface area contributed by atoms with Gasteiger partial charge in [-0.1, -0.05) is 18.2 Å². The molecule has 3 rings (SSSR count). The molecule has 9 heteroatoms. The third-order valence-electron chi connectivity index (χ3n) is 3.52. The topological polar surface area (TPSA) is 107 Å². The number of furan rings is 1. The van der Waals surface area contributed by atoms with Crippen molar-refractivity contribution in [3.8, 4) is 5.75 Å². The van der Waals surface area contributed by atoms with Crippen molar-refractivity contribution in [3.05, 3.63) is 64.4 Å². The van der Waals surface area contributed by atoms with E-state index in [1.165, 1.54) is 25.3 Å². The molecule has 0 aliphatic heterocycles. The highest BCUT2D eigenvalue weighted by Gasteiger charge is 2.16. The van der Waals surface area contributed by atoms with Gasteiger partial charge in [0.05, 0.1) is 23.8 Å². The lowest BCUT2D eigenvalue weighted by molar-refractivity contribution is -0.384. The molecule has 0 spiro atoms. The monoisotopic (exact) mass is 371 g/mol. The molecule has 0 radical (unpaired) electrons. The summed E-state index contributed by atoms with van der Waals surface area (Å²) in [5, 5.41) is 16.9. The van der Waals surface area contributed by atoms with Gasteiger partial charge in [-0.05, 0) is 30.4 Å². The fourth-order valence-electron chi connectivity index (χ4n) is 2.31. The Morgan fingerprint density at radius 2 is 2.00 bits per heavy atom. The van der Waals surface area contributed by atoms with Crippen LogP contribution in [0.5, 0.6) is 5.75 Å². The molecule has 0 atom stereocenters. The number of nitrogens with one attached hydrogen (secondary N) is 2. The van der Waals surface area contributed by atoms with E-state index in [0.717, 1.165) is 5.39 Å². The first-order valence-electron chi connectivity index (χ1n) is 7.41. The smallest absolute Gasteiger partial charge is 0.293 e. The number of thiocarbonyl (C=S) groups is 1. The van der Waals surface area contributed by atoms with E-state index in [-0.39, 0.29) is 22.3 Å². The van der Waals surface area contributed by atoms with Gasteiger partial charge in [0.15, 0.2) is 10.9 Å². The molecule has 8 nitrogen and oxygen atoms in total. The molecular weight excluding hydrogens is 358 g/mol. The summed E-state index contributed by atoms with van der Waals surface area (Å²) in [4.78, 5) is 22.5. The molecular formula is C17H13N3O5S. The number of amides is 1. The number of nitrogens with zero attached hydrogens (tertiary/aromatic N) is 1. The number of ether oxygens (including phenoxy) is 1. The van der Waals surface area contributed by atoms with Crippen LogP contribution in [0.3, 0.4) is 0 Å². The number of hydrogen-bond acceptors (Lipinski definition) is 6. The standard InChI is InChI=1S/C17H13N3O5S/c1-24-14-9-11(20(22)23)6-7-12(14)18-17(26)19-16(21)15-8-10-4-2-3-5-13(10)25-15/h2-9H,1H3,(H2,18,19,21,26). The van der Waals surface area contributed by atoms with Crippen molar-refractivity contribution in [1.82, 2.24) is 5.32 Å². The molecule has 1 aromatic heterocycles. The molecule has 26 heavy (non-hydrogen) atoms. The van der Waals surface area contributed by atoms with Crippen molar-refractivity contribution in [2.75, 3.05) is 12.4 Å². The van der Waals surface area contributed by atoms with E-state index in [2.05, 4.69) is 10.6 Å². The molecule has 0 fully saturated rings. The van der Waals surface area contributed by atoms with Crippen molar-refractivity contribution in [2.45, 2.75) is 0 Å². The number of anilines is 1. The summed E-state index contributed by atoms with van der Waals surface area (Å²) in [7, 11) is 1.38. The molecule has 3 aromatic rings. The van der Waals surface area contributed by atoms with Gasteiger partial charge >= 0.3 is 0 Å². The Morgan fingerprint density at radius 1 is 1.23 bits per heavy atom. The first-order chi connectivity index (χ1) is 12.5. The van der Waals surface area contributed by atoms with Crippen LogP contribution in [0.4, 0.5) is 11.4 Å². The first kappa shape index (κ1) is 17.4. The van der Waals surface area contributed by atoms with Crippen LogP contribution >= 0.6 is 12.2 Å². The first-order valence-corrected chi connectivity index (χ1v) is 7.82. The van der Waals surface area contributed by atoms with Gasteiger partial charge in [-0.25, -0.2) is 0 Å². The lowest BCUT2D eigenvalue weighted by Gasteiger charge is -2.12. The summed E-state index contributed by atoms with van der Waals surface area (Å²) >= 11 is 5.11. The molecule has 1 amide bonds. The van der Waals surface area contributed by atoms with Crippen LogP contribution in [0.2, 0.25) is 0 Å². The molecule has 2 N–H and O–H groups in total. The van der Waals surface area contributed by atoms with Crippen LogP contribution in [0.1, 0.15) is 10.6 Å². The Bertz CT molecular complexity index is 982. The SMILES string of the molecule is COc1cc([N+](=O)[O-])ccc1NC(=S)NC(=O)c1cc2ccccc2o1. The highest BCUT2D eigenvalue weighted by atomic mass is 32.1. The number of hydrogen-bond donors (Lipinski definition) is 2. The van der Waals surface area contributed by atoms with E-state index in [0.29, 0.717) is 11.3 Å². The Hall–Kier alpha value is -3.46. The van der Waals surface area contributed by atoms with Crippen LogP contribution in [0.15, 0.2) is 52.9 Å². The zero-order chi connectivity index (χ0) is 18.7. The number of carbonyl (C=O) groups is 1. The Kier molecular flexibility index (Phi) is 4.81. The molecule has 0 saturated heterocycles. The molecule has 0 bridgehead atoms. The summed E-state index contributed by atoms with van der Waals surface area (Å²) in [5.74, 6) is -0.176. The van der Waals surface area contributed by atoms with Crippen molar-refractivity contribution in [1.29, 1.82) is 0 Å². The second-order valence-electron chi connectivity index (χ2n) is 5.20. The quantitative estimate of drug-likeness (QED) is 0.411. The molecule has 0 saturated carbocycles. The van der Waals surface area contributed by atoms with Gasteiger partial charge in [0.25, 0.3) is 11.6 Å². The summed E-state index contributed by atoms with van der Waals surface area (Å²) in [6, 6.07) is 12.8. The lowest BCUT2D eigenvalue weighted by Crippen LogP contribution is -2.34. The highest BCUT2D eigenvalue weighted by molar-refractivity contribution is 7.80. The Balaban J connectivity index is 1.72. The molecule has 2 aromatic carbocycles. The number of rotatable bonds is 4. The summed E-state index contributed by atoms with van der Waals surface area (Å²) in [5.41, 5.74) is 0.853. The van der Waals surface area contributed by atoms with E-state index >= 15 is 0 Å². The maximum Gasteiger partial charge on any atom is 0.293 e. The summed E-state index contributed by atoms with van der Waals surface area (Å²) < 4.78 is 10.6. The normalized spacial score (nSPS) is 10.3. The number of nitro benzene ring substituents is 1. The number of fused-ring (bicyclic) bond motifs is 1. The van der Waals surface area contributed by atoms with Crippen molar-refractivity contribution < 1.29 is 18.9 Å². The van der Waals surface area contributed by atoms with Crippen molar-refractivity contribution in [2.24, 2.45) is 0 Å². The number of nitro groups is 1. The predicted octanol–water partition coefficient (Wildman–Crippen LogP) is 3.48. The number of methoxy groups -OCH3 is 1. The minimum atomic E-state index is -0.534. The number of carbonyl (C=O) groups excluding carboxylic acids is 1. The molecule has 0 unspecified atom stereocenters. The molecule has 0 aliphatic carbocycles. The van der Waals surface area contributed by atoms with Crippen molar-refractivity contribution >= 4 is 45.6 Å². The summed E-state index contributed by atoms with van der Waals surface area (Å²) in [6.07, 6.45) is 0. The van der Waals surface area contributed by atoms with Gasteiger partial charge in [0.2, 0.25) is 0 Å². The number of benzene rings is 2. The zero-order valence-corrected chi connectivity index (χ0v) is 14.3. The van der Waals surface area contributed by atoms with Crippen LogP contribution in [0, 0.1) is 10.1 Å². The third kappa shape index (κ3) is 3.62. The van der Waals surface area contributed by atoms with Gasteiger partial charge in [-0.3, -0.25) is 20.2 Å². The van der Waals surface area contributed by atoms with Crippen molar-refractivity contribution in [3.63, 3.8) is 0 Å². The predicted molar refractivity (Wildman–Crippen MR) is 99.5 cm³/mol. The van der Waals surface area contributed by atoms with Crippen LogP contribution in [-0.4, -0.2) is 23.1 Å². The molecule has 1 heterocycles. The number of para-hydroxylation sites is 1. The zero-order valence-electron chi connectivity index (χ0n) is 13.5. The van der Waals surface area contributed by atoms with Gasteiger partial charge in [0, 0.05) is 11.5 Å². The minimum absolute atomic E-state index is 0.00242. The fraction of sp³-hybridized carbons (Fsp3) is 0.0588. The van der Waals surface area contributed by atoms with E-state index in [1.807, 2.05) is 12.1 Å². The minimum Gasteiger partial charge on any atom is -0.494 e. The maximum atomic E-state index is 12.3. The average molecular weight is 371 g/mol. The summed E-state index contributed by atoms with van der Waals surface area (Å²) in [6.45, 7) is 0. The lowest BCUT2D eigenvalue weighted by atomic mass is 10.2. The van der Waals surface area contributed by atoms with E-state index < -0.39 is 10.8 Å². The second-order valence-corrected chi connectivity index (χ2v) is 5.61. The largest absolute Gasteiger partial charge is 0.494 e. The maximum absolute atomic E-state index is 12.3. The Labute approximate surface area is 152 Å². The number of non-ortho nitro benzene ring substituents is 1. The third-order valence-corrected chi connectivity index (χ3v) is 3.72. The van der Waals surface area contributed by atoms with E-state index in [1.54, 1.807) is 18.2 Å². The molecule has 132 valence electrons. The van der Waals surface area contributed by atoms with Gasteiger partial charge in [-0.2, -0.15) is 0 Å². The molecule has 0 aliphatic rings. The van der Waals surface area contributed by atoms with Gasteiger partial charge in [-0.15, -0.1) is 0 Å². The van der Waals surface area contributed by atoms with Gasteiger partial charge in [0.1, 0.15) is 11.3 Å². The van der Waals surface area contributed by atoms with Crippen LogP contribution < -0.4 is 15.4 Å².